The largest absolute Gasteiger partial charge is 0.370 e. The van der Waals surface area contributed by atoms with E-state index in [4.69, 9.17) is 0 Å². The zero-order valence-electron chi connectivity index (χ0n) is 13.0. The molecular weight excluding hydrogens is 314 g/mol. The third-order valence-corrected chi connectivity index (χ3v) is 3.80. The molecule has 2 heterocycles. The Hall–Kier alpha value is -2.70. The van der Waals surface area contributed by atoms with E-state index >= 15 is 0 Å². The molecule has 1 aromatic carbocycles. The van der Waals surface area contributed by atoms with Crippen LogP contribution in [0.1, 0.15) is 17.7 Å². The molecule has 0 fully saturated rings. The van der Waals surface area contributed by atoms with Crippen molar-refractivity contribution in [2.45, 2.75) is 19.3 Å². The molecule has 126 valence electrons. The number of aryl methyl sites for hydroxylation is 1. The first-order chi connectivity index (χ1) is 11.6. The highest BCUT2D eigenvalue weighted by molar-refractivity contribution is 5.89. The van der Waals surface area contributed by atoms with E-state index in [1.807, 2.05) is 6.07 Å². The average Bonchev–Trinajstić information content (AvgIpc) is 2.57. The number of anilines is 2. The smallest absolute Gasteiger partial charge is 0.319 e. The quantitative estimate of drug-likeness (QED) is 0.806. The van der Waals surface area contributed by atoms with Crippen molar-refractivity contribution in [1.82, 2.24) is 10.3 Å². The van der Waals surface area contributed by atoms with Gasteiger partial charge in [-0.3, -0.25) is 0 Å². The highest BCUT2D eigenvalue weighted by Crippen LogP contribution is 2.19. The SMILES string of the molecule is O=C(NCCc1ccc2c(n1)NCCC2)Nc1ccc(F)cc1F. The molecule has 0 spiro atoms. The van der Waals surface area contributed by atoms with Crippen LogP contribution in [0.4, 0.5) is 25.1 Å². The first-order valence-corrected chi connectivity index (χ1v) is 7.84. The lowest BCUT2D eigenvalue weighted by molar-refractivity contribution is 0.252. The van der Waals surface area contributed by atoms with E-state index in [0.717, 1.165) is 43.0 Å². The van der Waals surface area contributed by atoms with Crippen LogP contribution in [0.3, 0.4) is 0 Å². The van der Waals surface area contributed by atoms with E-state index in [9.17, 15) is 13.6 Å². The summed E-state index contributed by atoms with van der Waals surface area (Å²) in [4.78, 5) is 16.3. The molecular formula is C17H18F2N4O. The van der Waals surface area contributed by atoms with Gasteiger partial charge in [0.05, 0.1) is 5.69 Å². The average molecular weight is 332 g/mol. The monoisotopic (exact) mass is 332 g/mol. The Labute approximate surface area is 138 Å². The van der Waals surface area contributed by atoms with Crippen LogP contribution in [-0.4, -0.2) is 24.1 Å². The molecule has 2 amide bonds. The number of nitrogens with one attached hydrogen (secondary N) is 3. The molecule has 5 nitrogen and oxygen atoms in total. The molecule has 0 radical (unpaired) electrons. The predicted octanol–water partition coefficient (Wildman–Crippen LogP) is 3.08. The van der Waals surface area contributed by atoms with Gasteiger partial charge in [-0.15, -0.1) is 0 Å². The van der Waals surface area contributed by atoms with Gasteiger partial charge in [0.1, 0.15) is 17.5 Å². The second kappa shape index (κ2) is 7.25. The zero-order valence-corrected chi connectivity index (χ0v) is 13.0. The Morgan fingerprint density at radius 1 is 1.25 bits per heavy atom. The Bertz CT molecular complexity index is 751. The Morgan fingerprint density at radius 3 is 2.96 bits per heavy atom. The number of nitrogens with zero attached hydrogens (tertiary/aromatic N) is 1. The third-order valence-electron chi connectivity index (χ3n) is 3.80. The number of aromatic nitrogens is 1. The fourth-order valence-corrected chi connectivity index (χ4v) is 2.57. The van der Waals surface area contributed by atoms with Crippen LogP contribution >= 0.6 is 0 Å². The second-order valence-electron chi connectivity index (χ2n) is 5.60. The molecule has 1 aromatic heterocycles. The standard InChI is InChI=1S/C17H18F2N4O/c18-12-4-6-15(14(19)10-12)23-17(24)21-9-7-13-5-3-11-2-1-8-20-16(11)22-13/h3-6,10H,1-2,7-9H2,(H,20,22)(H2,21,23,24). The summed E-state index contributed by atoms with van der Waals surface area (Å²) in [5.74, 6) is -0.588. The fraction of sp³-hybridized carbons (Fsp3) is 0.294. The van der Waals surface area contributed by atoms with Crippen molar-refractivity contribution in [2.75, 3.05) is 23.7 Å². The first-order valence-electron chi connectivity index (χ1n) is 7.84. The van der Waals surface area contributed by atoms with Gasteiger partial charge in [0.2, 0.25) is 0 Å². The molecule has 0 saturated carbocycles. The number of amides is 2. The number of urea groups is 1. The minimum absolute atomic E-state index is 0.0648. The maximum Gasteiger partial charge on any atom is 0.319 e. The van der Waals surface area contributed by atoms with E-state index in [0.29, 0.717) is 13.0 Å². The van der Waals surface area contributed by atoms with E-state index in [1.165, 1.54) is 11.6 Å². The van der Waals surface area contributed by atoms with Gasteiger partial charge in [-0.1, -0.05) is 6.07 Å². The Balaban J connectivity index is 1.50. The van der Waals surface area contributed by atoms with Gasteiger partial charge in [-0.25, -0.2) is 18.6 Å². The van der Waals surface area contributed by atoms with Crippen LogP contribution in [0.15, 0.2) is 30.3 Å². The van der Waals surface area contributed by atoms with Crippen molar-refractivity contribution in [3.05, 3.63) is 53.2 Å². The summed E-state index contributed by atoms with van der Waals surface area (Å²) in [6.45, 7) is 1.29. The molecule has 0 bridgehead atoms. The number of rotatable bonds is 4. The third kappa shape index (κ3) is 3.98. The number of hydrogen-bond acceptors (Lipinski definition) is 3. The second-order valence-corrected chi connectivity index (χ2v) is 5.60. The predicted molar refractivity (Wildman–Crippen MR) is 88.1 cm³/mol. The van der Waals surface area contributed by atoms with Crippen LogP contribution in [0, 0.1) is 11.6 Å². The van der Waals surface area contributed by atoms with Gasteiger partial charge in [0.15, 0.2) is 0 Å². The van der Waals surface area contributed by atoms with Gasteiger partial charge >= 0.3 is 6.03 Å². The summed E-state index contributed by atoms with van der Waals surface area (Å²) in [5.41, 5.74) is 2.02. The molecule has 24 heavy (non-hydrogen) atoms. The number of halogens is 2. The van der Waals surface area contributed by atoms with Crippen molar-refractivity contribution in [3.63, 3.8) is 0 Å². The van der Waals surface area contributed by atoms with Crippen molar-refractivity contribution in [1.29, 1.82) is 0 Å². The number of carbonyl (C=O) groups excluding carboxylic acids is 1. The molecule has 0 unspecified atom stereocenters. The summed E-state index contributed by atoms with van der Waals surface area (Å²) in [5, 5.41) is 8.24. The number of benzene rings is 1. The van der Waals surface area contributed by atoms with Crippen LogP contribution < -0.4 is 16.0 Å². The van der Waals surface area contributed by atoms with E-state index in [2.05, 4.69) is 27.0 Å². The van der Waals surface area contributed by atoms with Crippen LogP contribution in [0.25, 0.3) is 0 Å². The van der Waals surface area contributed by atoms with Gasteiger partial charge in [0, 0.05) is 31.3 Å². The van der Waals surface area contributed by atoms with E-state index < -0.39 is 17.7 Å². The van der Waals surface area contributed by atoms with Crippen LogP contribution in [0.5, 0.6) is 0 Å². The number of hydrogen-bond donors (Lipinski definition) is 3. The lowest BCUT2D eigenvalue weighted by Crippen LogP contribution is -2.31. The van der Waals surface area contributed by atoms with E-state index in [-0.39, 0.29) is 5.69 Å². The lowest BCUT2D eigenvalue weighted by Gasteiger charge is -2.17. The molecule has 3 rings (SSSR count). The molecule has 0 atom stereocenters. The van der Waals surface area contributed by atoms with Crippen molar-refractivity contribution in [3.8, 4) is 0 Å². The highest BCUT2D eigenvalue weighted by atomic mass is 19.1. The minimum atomic E-state index is -0.812. The Kier molecular flexibility index (Phi) is 4.88. The van der Waals surface area contributed by atoms with Gasteiger partial charge in [-0.2, -0.15) is 0 Å². The zero-order chi connectivity index (χ0) is 16.9. The van der Waals surface area contributed by atoms with Crippen molar-refractivity contribution < 1.29 is 13.6 Å². The molecule has 1 aliphatic heterocycles. The van der Waals surface area contributed by atoms with Crippen LogP contribution in [0.2, 0.25) is 0 Å². The molecule has 3 N–H and O–H groups in total. The van der Waals surface area contributed by atoms with Gasteiger partial charge in [0.25, 0.3) is 0 Å². The summed E-state index contributed by atoms with van der Waals surface area (Å²) < 4.78 is 26.3. The van der Waals surface area contributed by atoms with Crippen LogP contribution in [-0.2, 0) is 12.8 Å². The maximum atomic E-state index is 13.5. The molecule has 2 aromatic rings. The van der Waals surface area contributed by atoms with Gasteiger partial charge < -0.3 is 16.0 Å². The van der Waals surface area contributed by atoms with E-state index in [1.54, 1.807) is 0 Å². The number of pyridine rings is 1. The summed E-state index contributed by atoms with van der Waals surface area (Å²) in [6.07, 6.45) is 2.70. The summed E-state index contributed by atoms with van der Waals surface area (Å²) in [7, 11) is 0. The number of fused-ring (bicyclic) bond motifs is 1. The summed E-state index contributed by atoms with van der Waals surface area (Å²) >= 11 is 0. The van der Waals surface area contributed by atoms with Gasteiger partial charge in [-0.05, 0) is 36.6 Å². The lowest BCUT2D eigenvalue weighted by atomic mass is 10.1. The molecule has 1 aliphatic rings. The fourth-order valence-electron chi connectivity index (χ4n) is 2.57. The number of carbonyl (C=O) groups is 1. The molecule has 0 aliphatic carbocycles. The van der Waals surface area contributed by atoms with Crippen molar-refractivity contribution >= 4 is 17.5 Å². The maximum absolute atomic E-state index is 13.5. The topological polar surface area (TPSA) is 66.0 Å². The molecule has 0 saturated heterocycles. The highest BCUT2D eigenvalue weighted by Gasteiger charge is 2.11. The Morgan fingerprint density at radius 2 is 2.12 bits per heavy atom. The summed E-state index contributed by atoms with van der Waals surface area (Å²) in [6, 6.07) is 6.45. The first kappa shape index (κ1) is 16.2. The van der Waals surface area contributed by atoms with Crippen molar-refractivity contribution in [2.24, 2.45) is 0 Å². The minimum Gasteiger partial charge on any atom is -0.370 e. The normalized spacial score (nSPS) is 12.9. The molecule has 7 heteroatoms.